The fourth-order valence-electron chi connectivity index (χ4n) is 0.923. The van der Waals surface area contributed by atoms with Crippen LogP contribution in [0.4, 0.5) is 14.6 Å². The fraction of sp³-hybridized carbons (Fsp3) is 0.250. The van der Waals surface area contributed by atoms with Gasteiger partial charge in [0, 0.05) is 11.8 Å². The number of carbonyl (C=O) groups excluding carboxylic acids is 1. The maximum absolute atomic E-state index is 11.8. The number of amides is 1. The maximum Gasteiger partial charge on any atom is 0.255 e. The molecule has 5 nitrogen and oxygen atoms in total. The van der Waals surface area contributed by atoms with E-state index in [9.17, 15) is 13.6 Å². The van der Waals surface area contributed by atoms with Crippen molar-refractivity contribution in [1.29, 1.82) is 0 Å². The Balaban J connectivity index is 2.65. The second-order valence-electron chi connectivity index (χ2n) is 2.68. The minimum atomic E-state index is -2.57. The summed E-state index contributed by atoms with van der Waals surface area (Å²) < 4.78 is 23.6. The zero-order valence-electron chi connectivity index (χ0n) is 7.71. The SMILES string of the molecule is NNc1cc(C(=O)NCC(F)F)ccn1. The zero-order chi connectivity index (χ0) is 11.3. The first-order chi connectivity index (χ1) is 7.13. The molecule has 4 N–H and O–H groups in total. The summed E-state index contributed by atoms with van der Waals surface area (Å²) >= 11 is 0. The maximum atomic E-state index is 11.8. The van der Waals surface area contributed by atoms with Crippen molar-refractivity contribution in [1.82, 2.24) is 10.3 Å². The van der Waals surface area contributed by atoms with Crippen molar-refractivity contribution < 1.29 is 13.6 Å². The Hall–Kier alpha value is -1.76. The minimum Gasteiger partial charge on any atom is -0.346 e. The highest BCUT2D eigenvalue weighted by molar-refractivity contribution is 5.94. The number of hydrazine groups is 1. The second kappa shape index (κ2) is 5.20. The first-order valence-electron chi connectivity index (χ1n) is 4.12. The monoisotopic (exact) mass is 216 g/mol. The highest BCUT2D eigenvalue weighted by atomic mass is 19.3. The van der Waals surface area contributed by atoms with Gasteiger partial charge in [0.2, 0.25) is 0 Å². The molecule has 82 valence electrons. The van der Waals surface area contributed by atoms with Crippen LogP contribution in [0, 0.1) is 0 Å². The molecule has 1 aromatic rings. The van der Waals surface area contributed by atoms with Crippen LogP contribution >= 0.6 is 0 Å². The van der Waals surface area contributed by atoms with Crippen LogP contribution in [0.15, 0.2) is 18.3 Å². The third-order valence-electron chi connectivity index (χ3n) is 1.59. The molecule has 0 saturated carbocycles. The Morgan fingerprint density at radius 2 is 2.33 bits per heavy atom. The van der Waals surface area contributed by atoms with Gasteiger partial charge in [0.15, 0.2) is 0 Å². The summed E-state index contributed by atoms with van der Waals surface area (Å²) in [4.78, 5) is 15.0. The van der Waals surface area contributed by atoms with E-state index in [0.29, 0.717) is 5.82 Å². The van der Waals surface area contributed by atoms with E-state index in [2.05, 4.69) is 15.7 Å². The van der Waals surface area contributed by atoms with Gasteiger partial charge in [0.25, 0.3) is 12.3 Å². The van der Waals surface area contributed by atoms with Crippen LogP contribution in [-0.4, -0.2) is 23.9 Å². The summed E-state index contributed by atoms with van der Waals surface area (Å²) in [6.45, 7) is -0.674. The molecule has 0 aromatic carbocycles. The van der Waals surface area contributed by atoms with Gasteiger partial charge in [-0.2, -0.15) is 0 Å². The van der Waals surface area contributed by atoms with Crippen molar-refractivity contribution in [2.45, 2.75) is 6.43 Å². The summed E-state index contributed by atoms with van der Waals surface area (Å²) in [6, 6.07) is 2.77. The Kier molecular flexibility index (Phi) is 3.92. The predicted molar refractivity (Wildman–Crippen MR) is 50.4 cm³/mol. The quantitative estimate of drug-likeness (QED) is 0.501. The molecule has 1 amide bonds. The smallest absolute Gasteiger partial charge is 0.255 e. The van der Waals surface area contributed by atoms with Gasteiger partial charge >= 0.3 is 0 Å². The fourth-order valence-corrected chi connectivity index (χ4v) is 0.923. The summed E-state index contributed by atoms with van der Waals surface area (Å²) in [5, 5.41) is 2.06. The third-order valence-corrected chi connectivity index (χ3v) is 1.59. The molecule has 15 heavy (non-hydrogen) atoms. The molecule has 0 aliphatic heterocycles. The van der Waals surface area contributed by atoms with Crippen molar-refractivity contribution in [3.05, 3.63) is 23.9 Å². The van der Waals surface area contributed by atoms with E-state index in [1.54, 1.807) is 0 Å². The van der Waals surface area contributed by atoms with E-state index in [-0.39, 0.29) is 5.56 Å². The van der Waals surface area contributed by atoms with E-state index in [1.165, 1.54) is 18.3 Å². The molecule has 1 rings (SSSR count). The van der Waals surface area contributed by atoms with Crippen LogP contribution in [0.5, 0.6) is 0 Å². The molecule has 0 aliphatic carbocycles. The van der Waals surface area contributed by atoms with Crippen LogP contribution in [-0.2, 0) is 0 Å². The highest BCUT2D eigenvalue weighted by Crippen LogP contribution is 2.05. The number of carbonyl (C=O) groups is 1. The molecule has 0 radical (unpaired) electrons. The van der Waals surface area contributed by atoms with E-state index in [4.69, 9.17) is 5.84 Å². The van der Waals surface area contributed by atoms with Crippen molar-refractivity contribution in [2.75, 3.05) is 12.0 Å². The lowest BCUT2D eigenvalue weighted by Gasteiger charge is -2.05. The number of aromatic nitrogens is 1. The summed E-state index contributed by atoms with van der Waals surface area (Å²) in [7, 11) is 0. The van der Waals surface area contributed by atoms with E-state index < -0.39 is 18.9 Å². The molecule has 0 spiro atoms. The van der Waals surface area contributed by atoms with Gasteiger partial charge in [-0.05, 0) is 12.1 Å². The van der Waals surface area contributed by atoms with Crippen LogP contribution in [0.25, 0.3) is 0 Å². The number of nitrogens with one attached hydrogen (secondary N) is 2. The van der Waals surface area contributed by atoms with Crippen LogP contribution < -0.4 is 16.6 Å². The average Bonchev–Trinajstić information content (AvgIpc) is 2.26. The number of nitrogen functional groups attached to an aromatic ring is 1. The highest BCUT2D eigenvalue weighted by Gasteiger charge is 2.09. The van der Waals surface area contributed by atoms with E-state index in [1.807, 2.05) is 0 Å². The Morgan fingerprint density at radius 1 is 1.60 bits per heavy atom. The van der Waals surface area contributed by atoms with Crippen molar-refractivity contribution in [3.8, 4) is 0 Å². The molecule has 0 unspecified atom stereocenters. The third kappa shape index (κ3) is 3.47. The molecule has 7 heteroatoms. The number of nitrogens with two attached hydrogens (primary N) is 1. The largest absolute Gasteiger partial charge is 0.346 e. The molecule has 0 atom stereocenters. The number of pyridine rings is 1. The summed E-state index contributed by atoms with van der Waals surface area (Å²) in [5.74, 6) is 4.78. The first-order valence-corrected chi connectivity index (χ1v) is 4.12. The van der Waals surface area contributed by atoms with Crippen LogP contribution in [0.1, 0.15) is 10.4 Å². The molecular formula is C8H10F2N4O. The summed E-state index contributed by atoms with van der Waals surface area (Å²) in [5.41, 5.74) is 2.47. The zero-order valence-corrected chi connectivity index (χ0v) is 7.71. The number of hydrogen-bond donors (Lipinski definition) is 3. The summed E-state index contributed by atoms with van der Waals surface area (Å²) in [6.07, 6.45) is -1.21. The molecule has 0 aliphatic rings. The van der Waals surface area contributed by atoms with Gasteiger partial charge in [-0.1, -0.05) is 0 Å². The molecule has 1 heterocycles. The lowest BCUT2D eigenvalue weighted by Crippen LogP contribution is -2.28. The minimum absolute atomic E-state index is 0.221. The predicted octanol–water partition coefficient (Wildman–Crippen LogP) is 0.362. The number of nitrogens with zero attached hydrogens (tertiary/aromatic N) is 1. The molecule has 0 saturated heterocycles. The lowest BCUT2D eigenvalue weighted by atomic mass is 10.2. The molecule has 0 fully saturated rings. The van der Waals surface area contributed by atoms with Gasteiger partial charge in [-0.3, -0.25) is 4.79 Å². The molecule has 0 bridgehead atoms. The van der Waals surface area contributed by atoms with Crippen molar-refractivity contribution in [3.63, 3.8) is 0 Å². The molecule has 1 aromatic heterocycles. The Labute approximate surface area is 84.6 Å². The van der Waals surface area contributed by atoms with Gasteiger partial charge < -0.3 is 10.7 Å². The standard InChI is InChI=1S/C8H10F2N4O/c9-6(10)4-13-8(15)5-1-2-12-7(3-5)14-11/h1-3,6H,4,11H2,(H,12,14)(H,13,15). The van der Waals surface area contributed by atoms with Crippen LogP contribution in [0.2, 0.25) is 0 Å². The van der Waals surface area contributed by atoms with Crippen LogP contribution in [0.3, 0.4) is 0 Å². The normalized spacial score (nSPS) is 10.1. The van der Waals surface area contributed by atoms with Gasteiger partial charge in [0.1, 0.15) is 5.82 Å². The lowest BCUT2D eigenvalue weighted by molar-refractivity contribution is 0.0891. The topological polar surface area (TPSA) is 80.0 Å². The van der Waals surface area contributed by atoms with Gasteiger partial charge in [0.05, 0.1) is 6.54 Å². The number of alkyl halides is 2. The number of halogens is 2. The first kappa shape index (κ1) is 11.3. The van der Waals surface area contributed by atoms with E-state index >= 15 is 0 Å². The Bertz CT molecular complexity index is 345. The molecular weight excluding hydrogens is 206 g/mol. The van der Waals surface area contributed by atoms with E-state index in [0.717, 1.165) is 0 Å². The van der Waals surface area contributed by atoms with Gasteiger partial charge in [-0.15, -0.1) is 0 Å². The number of rotatable bonds is 4. The van der Waals surface area contributed by atoms with Gasteiger partial charge in [-0.25, -0.2) is 19.6 Å². The van der Waals surface area contributed by atoms with Crippen molar-refractivity contribution >= 4 is 11.7 Å². The number of hydrogen-bond acceptors (Lipinski definition) is 4. The Morgan fingerprint density at radius 3 is 2.93 bits per heavy atom. The number of anilines is 1. The second-order valence-corrected chi connectivity index (χ2v) is 2.68. The average molecular weight is 216 g/mol. The van der Waals surface area contributed by atoms with Crippen molar-refractivity contribution in [2.24, 2.45) is 5.84 Å².